The second-order valence-corrected chi connectivity index (χ2v) is 6.03. The molecule has 3 heterocycles. The van der Waals surface area contributed by atoms with E-state index in [0.29, 0.717) is 6.04 Å². The van der Waals surface area contributed by atoms with E-state index < -0.39 is 5.60 Å². The number of amides is 1. The Hall–Kier alpha value is -0.0700. The lowest BCUT2D eigenvalue weighted by molar-refractivity contribution is -0.160. The maximum atomic E-state index is 12.8. The first-order valence-electron chi connectivity index (χ1n) is 7.54. The summed E-state index contributed by atoms with van der Waals surface area (Å²) in [5.74, 6) is 0.225. The van der Waals surface area contributed by atoms with Gasteiger partial charge in [0, 0.05) is 32.8 Å². The lowest BCUT2D eigenvalue weighted by Crippen LogP contribution is -2.60. The molecule has 7 heteroatoms. The summed E-state index contributed by atoms with van der Waals surface area (Å²) in [4.78, 5) is 17.4. The number of nitrogens with zero attached hydrogens (tertiary/aromatic N) is 2. The zero-order valence-electron chi connectivity index (χ0n) is 12.7. The van der Waals surface area contributed by atoms with Crippen molar-refractivity contribution in [3.8, 4) is 0 Å². The number of hydrogen-bond acceptors (Lipinski definition) is 4. The maximum Gasteiger partial charge on any atom is 0.255 e. The number of hydrogen-bond donors (Lipinski definition) is 1. The van der Waals surface area contributed by atoms with E-state index in [2.05, 4.69) is 15.1 Å². The van der Waals surface area contributed by atoms with Crippen LogP contribution in [0.2, 0.25) is 0 Å². The van der Waals surface area contributed by atoms with Crippen molar-refractivity contribution in [2.24, 2.45) is 0 Å². The second kappa shape index (κ2) is 7.97. The Morgan fingerprint density at radius 2 is 1.90 bits per heavy atom. The SMILES string of the molecule is COC1(C(=O)N2CCN3CCCC3C2)CCNCC1.Cl.Cl. The second-order valence-electron chi connectivity index (χ2n) is 6.03. The first kappa shape index (κ1) is 19.0. The quantitative estimate of drug-likeness (QED) is 0.812. The van der Waals surface area contributed by atoms with Crippen molar-refractivity contribution in [3.05, 3.63) is 0 Å². The summed E-state index contributed by atoms with van der Waals surface area (Å²) >= 11 is 0. The number of halogens is 2. The molecule has 3 aliphatic heterocycles. The summed E-state index contributed by atoms with van der Waals surface area (Å²) in [5, 5.41) is 3.31. The summed E-state index contributed by atoms with van der Waals surface area (Å²) in [6, 6.07) is 0.591. The minimum Gasteiger partial charge on any atom is -0.368 e. The van der Waals surface area contributed by atoms with E-state index in [1.54, 1.807) is 7.11 Å². The average molecular weight is 340 g/mol. The Kier molecular flexibility index (Phi) is 7.20. The molecule has 0 aromatic rings. The van der Waals surface area contributed by atoms with Gasteiger partial charge in [-0.15, -0.1) is 24.8 Å². The molecule has 0 radical (unpaired) electrons. The van der Waals surface area contributed by atoms with Crippen molar-refractivity contribution in [2.75, 3.05) is 46.4 Å². The summed E-state index contributed by atoms with van der Waals surface area (Å²) in [7, 11) is 1.69. The molecule has 3 aliphatic rings. The number of nitrogens with one attached hydrogen (secondary N) is 1. The highest BCUT2D eigenvalue weighted by atomic mass is 35.5. The summed E-state index contributed by atoms with van der Waals surface area (Å²) in [6.07, 6.45) is 4.12. The smallest absolute Gasteiger partial charge is 0.255 e. The van der Waals surface area contributed by atoms with Crippen LogP contribution < -0.4 is 5.32 Å². The standard InChI is InChI=1S/C14H25N3O2.2ClH/c1-19-14(4-6-15-7-5-14)13(18)17-10-9-16-8-2-3-12(16)11-17;;/h12,15H,2-11H2,1H3;2*1H. The minimum absolute atomic E-state index is 0. The van der Waals surface area contributed by atoms with Crippen LogP contribution in [0.25, 0.3) is 0 Å². The molecule has 1 unspecified atom stereocenters. The van der Waals surface area contributed by atoms with Gasteiger partial charge in [-0.1, -0.05) is 0 Å². The molecule has 0 aromatic carbocycles. The van der Waals surface area contributed by atoms with Gasteiger partial charge in [-0.3, -0.25) is 9.69 Å². The van der Waals surface area contributed by atoms with Gasteiger partial charge in [-0.2, -0.15) is 0 Å². The third-order valence-corrected chi connectivity index (χ3v) is 5.07. The van der Waals surface area contributed by atoms with Crippen LogP contribution in [0.3, 0.4) is 0 Å². The molecule has 124 valence electrons. The van der Waals surface area contributed by atoms with E-state index in [1.807, 2.05) is 0 Å². The molecule has 1 atom stereocenters. The zero-order valence-corrected chi connectivity index (χ0v) is 14.3. The van der Waals surface area contributed by atoms with Crippen molar-refractivity contribution in [2.45, 2.75) is 37.3 Å². The predicted octanol–water partition coefficient (Wildman–Crippen LogP) is 0.905. The van der Waals surface area contributed by atoms with Crippen LogP contribution in [-0.2, 0) is 9.53 Å². The molecule has 3 fully saturated rings. The molecule has 3 saturated heterocycles. The van der Waals surface area contributed by atoms with E-state index in [9.17, 15) is 4.79 Å². The summed E-state index contributed by atoms with van der Waals surface area (Å²) < 4.78 is 5.66. The lowest BCUT2D eigenvalue weighted by atomic mass is 9.90. The van der Waals surface area contributed by atoms with Crippen molar-refractivity contribution in [1.82, 2.24) is 15.1 Å². The van der Waals surface area contributed by atoms with Gasteiger partial charge < -0.3 is 15.0 Å². The Bertz CT molecular complexity index is 351. The highest BCUT2D eigenvalue weighted by Crippen LogP contribution is 2.28. The Morgan fingerprint density at radius 1 is 1.19 bits per heavy atom. The molecule has 0 spiro atoms. The van der Waals surface area contributed by atoms with E-state index in [-0.39, 0.29) is 30.7 Å². The minimum atomic E-state index is -0.563. The maximum absolute atomic E-state index is 12.8. The van der Waals surface area contributed by atoms with Crippen LogP contribution in [0.4, 0.5) is 0 Å². The third kappa shape index (κ3) is 3.64. The van der Waals surface area contributed by atoms with Gasteiger partial charge in [0.15, 0.2) is 0 Å². The van der Waals surface area contributed by atoms with E-state index >= 15 is 0 Å². The molecule has 21 heavy (non-hydrogen) atoms. The van der Waals surface area contributed by atoms with E-state index in [4.69, 9.17) is 4.74 Å². The normalized spacial score (nSPS) is 28.2. The highest BCUT2D eigenvalue weighted by molar-refractivity contribution is 5.86. The largest absolute Gasteiger partial charge is 0.368 e. The number of carbonyl (C=O) groups excluding carboxylic acids is 1. The lowest BCUT2D eigenvalue weighted by Gasteiger charge is -2.43. The Labute approximate surface area is 139 Å². The number of rotatable bonds is 2. The fourth-order valence-corrected chi connectivity index (χ4v) is 3.80. The van der Waals surface area contributed by atoms with Gasteiger partial charge >= 0.3 is 0 Å². The third-order valence-electron chi connectivity index (χ3n) is 5.07. The van der Waals surface area contributed by atoms with Crippen molar-refractivity contribution < 1.29 is 9.53 Å². The Morgan fingerprint density at radius 3 is 2.57 bits per heavy atom. The van der Waals surface area contributed by atoms with Crippen molar-refractivity contribution in [3.63, 3.8) is 0 Å². The van der Waals surface area contributed by atoms with Crippen molar-refractivity contribution >= 4 is 30.7 Å². The first-order chi connectivity index (χ1) is 9.25. The summed E-state index contributed by atoms with van der Waals surface area (Å²) in [6.45, 7) is 5.78. The fourth-order valence-electron chi connectivity index (χ4n) is 3.80. The average Bonchev–Trinajstić information content (AvgIpc) is 2.94. The van der Waals surface area contributed by atoms with Gasteiger partial charge in [-0.05, 0) is 45.3 Å². The number of piperazine rings is 1. The fraction of sp³-hybridized carbons (Fsp3) is 0.929. The molecule has 1 N–H and O–H groups in total. The van der Waals surface area contributed by atoms with Gasteiger partial charge in [0.05, 0.1) is 0 Å². The molecular weight excluding hydrogens is 313 g/mol. The van der Waals surface area contributed by atoms with Gasteiger partial charge in [0.2, 0.25) is 0 Å². The molecule has 0 aromatic heterocycles. The van der Waals surface area contributed by atoms with Crippen LogP contribution >= 0.6 is 24.8 Å². The monoisotopic (exact) mass is 339 g/mol. The van der Waals surface area contributed by atoms with Crippen LogP contribution in [0, 0.1) is 0 Å². The predicted molar refractivity (Wildman–Crippen MR) is 87.5 cm³/mol. The van der Waals surface area contributed by atoms with Crippen molar-refractivity contribution in [1.29, 1.82) is 0 Å². The van der Waals surface area contributed by atoms with Gasteiger partial charge in [0.25, 0.3) is 5.91 Å². The zero-order chi connectivity index (χ0) is 13.3. The topological polar surface area (TPSA) is 44.8 Å². The van der Waals surface area contributed by atoms with Crippen LogP contribution in [0.5, 0.6) is 0 Å². The highest BCUT2D eigenvalue weighted by Gasteiger charge is 2.44. The molecule has 5 nitrogen and oxygen atoms in total. The number of fused-ring (bicyclic) bond motifs is 1. The Balaban J connectivity index is 0.00000110. The molecule has 0 saturated carbocycles. The van der Waals surface area contributed by atoms with Gasteiger partial charge in [-0.25, -0.2) is 0 Å². The van der Waals surface area contributed by atoms with Crippen LogP contribution in [-0.4, -0.2) is 73.7 Å². The van der Waals surface area contributed by atoms with E-state index in [0.717, 1.165) is 45.6 Å². The number of piperidine rings is 1. The molecule has 0 bridgehead atoms. The molecule has 0 aliphatic carbocycles. The molecule has 3 rings (SSSR count). The summed E-state index contributed by atoms with van der Waals surface area (Å²) in [5.41, 5.74) is -0.563. The molecular formula is C14H27Cl2N3O2. The number of methoxy groups -OCH3 is 1. The van der Waals surface area contributed by atoms with Crippen LogP contribution in [0.1, 0.15) is 25.7 Å². The number of ether oxygens (including phenoxy) is 1. The molecule has 1 amide bonds. The van der Waals surface area contributed by atoms with E-state index in [1.165, 1.54) is 19.4 Å². The first-order valence-corrected chi connectivity index (χ1v) is 7.54. The van der Waals surface area contributed by atoms with Crippen LogP contribution in [0.15, 0.2) is 0 Å². The van der Waals surface area contributed by atoms with Gasteiger partial charge in [0.1, 0.15) is 5.60 Å². The number of carbonyl (C=O) groups is 1.